The number of rotatable bonds is 9. The number of hydrogen-bond donors (Lipinski definition) is 2. The van der Waals surface area contributed by atoms with Crippen molar-refractivity contribution in [3.8, 4) is 0 Å². The molecule has 3 N–H and O–H groups in total. The Bertz CT molecular complexity index is 788. The predicted molar refractivity (Wildman–Crippen MR) is 76.2 cm³/mol. The summed E-state index contributed by atoms with van der Waals surface area (Å²) < 4.78 is 242. The largest absolute Gasteiger partial charge is 0.460 e. The number of nitrogens with two attached hydrogens (primary N) is 1. The smallest absolute Gasteiger partial charge is 0.330 e. The molecule has 0 aromatic heterocycles. The van der Waals surface area contributed by atoms with Crippen LogP contribution in [0.4, 0.5) is 74.6 Å². The van der Waals surface area contributed by atoms with Crippen LogP contribution >= 0.6 is 0 Å². The Hall–Kier alpha value is -1.32. The molecular formula is C12H12F17NO3S. The van der Waals surface area contributed by atoms with Gasteiger partial charge in [0.1, 0.15) is 0 Å². The second-order valence-corrected chi connectivity index (χ2v) is 7.54. The van der Waals surface area contributed by atoms with Gasteiger partial charge in [0.05, 0.1) is 0 Å². The fourth-order valence-corrected chi connectivity index (χ4v) is 1.97. The van der Waals surface area contributed by atoms with E-state index in [1.54, 1.807) is 0 Å². The van der Waals surface area contributed by atoms with Gasteiger partial charge in [-0.3, -0.25) is 4.55 Å². The highest BCUT2D eigenvalue weighted by molar-refractivity contribution is 7.87. The summed E-state index contributed by atoms with van der Waals surface area (Å²) in [7, 11) is -7.89. The number of hydrogen-bond acceptors (Lipinski definition) is 3. The third-order valence-electron chi connectivity index (χ3n) is 3.57. The van der Waals surface area contributed by atoms with Crippen LogP contribution in [0.1, 0.15) is 19.8 Å². The lowest BCUT2D eigenvalue weighted by molar-refractivity contribution is -0.458. The zero-order valence-electron chi connectivity index (χ0n) is 15.8. The lowest BCUT2D eigenvalue weighted by atomic mass is 9.91. The minimum absolute atomic E-state index is 0.844. The molecule has 0 spiro atoms. The van der Waals surface area contributed by atoms with Crippen LogP contribution in [0, 0.1) is 0 Å². The average molecular weight is 573 g/mol. The van der Waals surface area contributed by atoms with Crippen molar-refractivity contribution in [1.82, 2.24) is 0 Å². The Labute approximate surface area is 178 Å². The van der Waals surface area contributed by atoms with Crippen molar-refractivity contribution in [2.45, 2.75) is 66.7 Å². The molecule has 0 aromatic rings. The maximum atomic E-state index is 13.0. The molecule has 0 radical (unpaired) electrons. The first-order valence-corrected chi connectivity index (χ1v) is 9.24. The molecule has 0 bridgehead atoms. The van der Waals surface area contributed by atoms with Crippen LogP contribution < -0.4 is 5.73 Å². The molecule has 0 aliphatic heterocycles. The van der Waals surface area contributed by atoms with Crippen molar-refractivity contribution in [2.75, 3.05) is 6.54 Å². The van der Waals surface area contributed by atoms with Gasteiger partial charge in [0.2, 0.25) is 0 Å². The fraction of sp³-hybridized carbons (Fsp3) is 1.00. The summed E-state index contributed by atoms with van der Waals surface area (Å²) in [6.07, 6.45) is -5.50. The first-order chi connectivity index (χ1) is 14.4. The second kappa shape index (κ2) is 9.62. The van der Waals surface area contributed by atoms with E-state index in [9.17, 15) is 83.1 Å². The molecule has 0 fully saturated rings. The van der Waals surface area contributed by atoms with Crippen molar-refractivity contribution in [3.63, 3.8) is 0 Å². The van der Waals surface area contributed by atoms with Crippen molar-refractivity contribution >= 4 is 10.1 Å². The quantitative estimate of drug-likeness (QED) is 0.279. The molecule has 0 atom stereocenters. The van der Waals surface area contributed by atoms with Crippen LogP contribution in [-0.4, -0.2) is 66.5 Å². The first-order valence-electron chi connectivity index (χ1n) is 7.80. The van der Waals surface area contributed by atoms with Gasteiger partial charge in [0.25, 0.3) is 0 Å². The monoisotopic (exact) mass is 573 g/mol. The number of alkyl halides is 17. The fourth-order valence-electron chi connectivity index (χ4n) is 1.52. The normalized spacial score (nSPS) is 15.6. The highest BCUT2D eigenvalue weighted by Gasteiger charge is 2.96. The Morgan fingerprint density at radius 2 is 0.853 bits per heavy atom. The van der Waals surface area contributed by atoms with Gasteiger partial charge in [-0.25, -0.2) is 0 Å². The van der Waals surface area contributed by atoms with Gasteiger partial charge in [-0.1, -0.05) is 13.3 Å². The van der Waals surface area contributed by atoms with Gasteiger partial charge in [0.15, 0.2) is 0 Å². The van der Waals surface area contributed by atoms with Gasteiger partial charge in [-0.05, 0) is 13.0 Å². The maximum absolute atomic E-state index is 13.0. The summed E-state index contributed by atoms with van der Waals surface area (Å²) in [6.45, 7) is 2.98. The summed E-state index contributed by atoms with van der Waals surface area (Å²) in [5.41, 5.74) is 5.14. The van der Waals surface area contributed by atoms with E-state index in [0.717, 1.165) is 6.54 Å². The third kappa shape index (κ3) is 5.12. The van der Waals surface area contributed by atoms with Crippen molar-refractivity contribution < 1.29 is 87.6 Å². The summed E-state index contributed by atoms with van der Waals surface area (Å²) in [5.74, 6) is -52.0. The van der Waals surface area contributed by atoms with Gasteiger partial charge >= 0.3 is 57.1 Å². The van der Waals surface area contributed by atoms with Crippen LogP contribution in [0.3, 0.4) is 0 Å². The average Bonchev–Trinajstić information content (AvgIpc) is 2.59. The molecule has 0 rings (SSSR count). The van der Waals surface area contributed by atoms with Gasteiger partial charge in [-0.2, -0.15) is 83.1 Å². The van der Waals surface area contributed by atoms with E-state index in [4.69, 9.17) is 10.3 Å². The van der Waals surface area contributed by atoms with E-state index in [1.165, 1.54) is 12.8 Å². The molecule has 0 aliphatic rings. The van der Waals surface area contributed by atoms with E-state index in [0.29, 0.717) is 0 Å². The van der Waals surface area contributed by atoms with E-state index >= 15 is 0 Å². The Morgan fingerprint density at radius 1 is 0.588 bits per heavy atom. The molecule has 0 aliphatic carbocycles. The third-order valence-corrected chi connectivity index (χ3v) is 4.48. The molecule has 0 unspecified atom stereocenters. The summed E-state index contributed by atoms with van der Waals surface area (Å²) in [5, 5.41) is -7.84. The molecule has 0 saturated carbocycles. The van der Waals surface area contributed by atoms with Crippen molar-refractivity contribution in [2.24, 2.45) is 5.73 Å². The summed E-state index contributed by atoms with van der Waals surface area (Å²) in [6, 6.07) is 0. The van der Waals surface area contributed by atoms with Crippen LogP contribution in [0.15, 0.2) is 0 Å². The highest BCUT2D eigenvalue weighted by Crippen LogP contribution is 2.64. The van der Waals surface area contributed by atoms with E-state index < -0.39 is 57.1 Å². The summed E-state index contributed by atoms with van der Waals surface area (Å²) in [4.78, 5) is 0. The minimum Gasteiger partial charge on any atom is -0.330 e. The van der Waals surface area contributed by atoms with Gasteiger partial charge < -0.3 is 5.73 Å². The van der Waals surface area contributed by atoms with Crippen molar-refractivity contribution in [3.05, 3.63) is 0 Å². The number of unbranched alkanes of at least 4 members (excludes halogenated alkanes) is 1. The van der Waals surface area contributed by atoms with Crippen molar-refractivity contribution in [1.29, 1.82) is 0 Å². The zero-order valence-corrected chi connectivity index (χ0v) is 16.6. The Morgan fingerprint density at radius 3 is 1.03 bits per heavy atom. The predicted octanol–water partition coefficient (Wildman–Crippen LogP) is 5.59. The topological polar surface area (TPSA) is 80.4 Å². The van der Waals surface area contributed by atoms with Crippen LogP contribution in [0.2, 0.25) is 0 Å². The first kappa shape index (κ1) is 34.8. The molecule has 22 heteroatoms. The SMILES string of the molecule is CCCCN.O=S(=O)(O)C(F)(F)C(F)(F)C(F)(F)C(F)(F)C(F)(F)C(F)(F)C(F)(F)C(F)(F)F. The molecule has 0 aromatic carbocycles. The molecule has 0 heterocycles. The molecule has 208 valence electrons. The lowest BCUT2D eigenvalue weighted by Gasteiger charge is -2.42. The maximum Gasteiger partial charge on any atom is 0.460 e. The molecule has 0 amide bonds. The highest BCUT2D eigenvalue weighted by atomic mass is 32.2. The molecular weight excluding hydrogens is 561 g/mol. The minimum atomic E-state index is -8.89. The van der Waals surface area contributed by atoms with Gasteiger partial charge in [0, 0.05) is 0 Å². The molecule has 34 heavy (non-hydrogen) atoms. The van der Waals surface area contributed by atoms with E-state index in [1.807, 2.05) is 0 Å². The summed E-state index contributed by atoms with van der Waals surface area (Å²) >= 11 is 0. The second-order valence-electron chi connectivity index (χ2n) is 6.08. The van der Waals surface area contributed by atoms with E-state index in [2.05, 4.69) is 6.92 Å². The molecule has 4 nitrogen and oxygen atoms in total. The number of halogens is 17. The Kier molecular flexibility index (Phi) is 9.86. The standard InChI is InChI=1S/C8HF17O3S.C4H11N/c9-1(10,3(13,14)5(17,18)7(21,22)23)2(11,12)4(15,16)6(19,20)8(24,25)29(26,27)28;1-2-3-4-5/h(H,26,27,28);2-5H2,1H3. The van der Waals surface area contributed by atoms with Crippen LogP contribution in [0.25, 0.3) is 0 Å². The van der Waals surface area contributed by atoms with Gasteiger partial charge in [-0.15, -0.1) is 0 Å². The lowest BCUT2D eigenvalue weighted by Crippen LogP contribution is -2.74. The Balaban J connectivity index is 0. The van der Waals surface area contributed by atoms with E-state index in [-0.39, 0.29) is 0 Å². The van der Waals surface area contributed by atoms with Crippen LogP contribution in [-0.2, 0) is 10.1 Å². The molecule has 0 saturated heterocycles. The van der Waals surface area contributed by atoms with Crippen LogP contribution in [0.5, 0.6) is 0 Å². The zero-order chi connectivity index (χ0) is 28.6.